The van der Waals surface area contributed by atoms with Gasteiger partial charge in [0.25, 0.3) is 0 Å². The number of hydrogen-bond donors (Lipinski definition) is 2. The van der Waals surface area contributed by atoms with Crippen LogP contribution in [0.4, 0.5) is 17.1 Å². The molecular formula is C25H25N3O3. The van der Waals surface area contributed by atoms with Crippen LogP contribution < -0.4 is 15.0 Å². The normalized spacial score (nSPS) is 14.6. The largest absolute Gasteiger partial charge is 0.497 e. The van der Waals surface area contributed by atoms with E-state index in [2.05, 4.69) is 51.6 Å². The van der Waals surface area contributed by atoms with E-state index in [1.807, 2.05) is 25.2 Å². The number of benzene rings is 2. The third-order valence-electron chi connectivity index (χ3n) is 5.65. The van der Waals surface area contributed by atoms with Crippen molar-refractivity contribution in [3.63, 3.8) is 0 Å². The Kier molecular flexibility index (Phi) is 5.89. The first-order chi connectivity index (χ1) is 15.1. The Balaban J connectivity index is 1.54. The van der Waals surface area contributed by atoms with E-state index >= 15 is 0 Å². The van der Waals surface area contributed by atoms with Crippen molar-refractivity contribution in [2.45, 2.75) is 12.3 Å². The third-order valence-corrected chi connectivity index (χ3v) is 5.65. The number of aromatic nitrogens is 1. The van der Waals surface area contributed by atoms with E-state index in [4.69, 9.17) is 4.74 Å². The zero-order valence-corrected chi connectivity index (χ0v) is 17.6. The van der Waals surface area contributed by atoms with Gasteiger partial charge in [-0.25, -0.2) is 4.79 Å². The number of ether oxygens (including phenoxy) is 1. The average molecular weight is 415 g/mol. The van der Waals surface area contributed by atoms with Crippen molar-refractivity contribution < 1.29 is 14.6 Å². The van der Waals surface area contributed by atoms with Crippen LogP contribution in [-0.4, -0.2) is 36.8 Å². The van der Waals surface area contributed by atoms with Gasteiger partial charge in [0.15, 0.2) is 0 Å². The Labute approximate surface area is 181 Å². The fourth-order valence-electron chi connectivity index (χ4n) is 3.89. The van der Waals surface area contributed by atoms with Gasteiger partial charge in [-0.1, -0.05) is 24.3 Å². The number of nitrogens with one attached hydrogen (secondary N) is 1. The molecule has 0 fully saturated rings. The van der Waals surface area contributed by atoms with Crippen molar-refractivity contribution in [3.05, 3.63) is 83.7 Å². The number of hydrogen-bond acceptors (Lipinski definition) is 5. The second-order valence-electron chi connectivity index (χ2n) is 7.52. The Morgan fingerprint density at radius 2 is 2.06 bits per heavy atom. The third kappa shape index (κ3) is 4.38. The fraction of sp³-hybridized carbons (Fsp3) is 0.200. The number of methoxy groups -OCH3 is 1. The van der Waals surface area contributed by atoms with Crippen molar-refractivity contribution in [2.24, 2.45) is 0 Å². The molecule has 0 amide bonds. The Bertz CT molecular complexity index is 1130. The molecule has 2 N–H and O–H groups in total. The van der Waals surface area contributed by atoms with Crippen LogP contribution in [0.2, 0.25) is 0 Å². The van der Waals surface area contributed by atoms with Gasteiger partial charge < -0.3 is 20.1 Å². The van der Waals surface area contributed by atoms with Gasteiger partial charge in [0.1, 0.15) is 5.75 Å². The van der Waals surface area contributed by atoms with Crippen LogP contribution in [-0.2, 0) is 0 Å². The zero-order valence-electron chi connectivity index (χ0n) is 17.6. The second-order valence-corrected chi connectivity index (χ2v) is 7.52. The Hall–Kier alpha value is -3.80. The number of aromatic carboxylic acids is 1. The highest BCUT2D eigenvalue weighted by atomic mass is 16.5. The van der Waals surface area contributed by atoms with Crippen molar-refractivity contribution in [1.29, 1.82) is 0 Å². The summed E-state index contributed by atoms with van der Waals surface area (Å²) in [6.45, 7) is 0.633. The maximum atomic E-state index is 11.4. The van der Waals surface area contributed by atoms with Crippen LogP contribution >= 0.6 is 0 Å². The maximum Gasteiger partial charge on any atom is 0.337 e. The Morgan fingerprint density at radius 1 is 1.23 bits per heavy atom. The first-order valence-corrected chi connectivity index (χ1v) is 10.2. The molecule has 3 aromatic rings. The average Bonchev–Trinajstić information content (AvgIpc) is 2.82. The summed E-state index contributed by atoms with van der Waals surface area (Å²) in [6, 6.07) is 16.0. The maximum absolute atomic E-state index is 11.4. The van der Waals surface area contributed by atoms with Crippen molar-refractivity contribution in [2.75, 3.05) is 30.9 Å². The van der Waals surface area contributed by atoms with E-state index < -0.39 is 5.97 Å². The van der Waals surface area contributed by atoms with Gasteiger partial charge in [-0.3, -0.25) is 4.98 Å². The summed E-state index contributed by atoms with van der Waals surface area (Å²) in [4.78, 5) is 17.6. The molecule has 1 aliphatic rings. The van der Waals surface area contributed by atoms with Gasteiger partial charge in [-0.2, -0.15) is 0 Å². The molecule has 158 valence electrons. The van der Waals surface area contributed by atoms with E-state index in [1.165, 1.54) is 23.4 Å². The lowest BCUT2D eigenvalue weighted by Crippen LogP contribution is -2.17. The second kappa shape index (κ2) is 8.92. The van der Waals surface area contributed by atoms with Crippen LogP contribution in [0.15, 0.2) is 67.0 Å². The van der Waals surface area contributed by atoms with Gasteiger partial charge in [0.2, 0.25) is 0 Å². The van der Waals surface area contributed by atoms with Gasteiger partial charge in [-0.15, -0.1) is 0 Å². The minimum atomic E-state index is -0.959. The lowest BCUT2D eigenvalue weighted by Gasteiger charge is -2.26. The van der Waals surface area contributed by atoms with Crippen LogP contribution in [0.25, 0.3) is 6.08 Å². The number of carboxylic acid groups (broad SMARTS) is 1. The molecule has 4 rings (SSSR count). The highest BCUT2D eigenvalue weighted by molar-refractivity contribution is 5.93. The smallest absolute Gasteiger partial charge is 0.337 e. The molecule has 1 aliphatic carbocycles. The molecule has 1 heterocycles. The predicted molar refractivity (Wildman–Crippen MR) is 124 cm³/mol. The summed E-state index contributed by atoms with van der Waals surface area (Å²) in [5, 5.41) is 12.7. The highest BCUT2D eigenvalue weighted by Gasteiger charge is 2.19. The van der Waals surface area contributed by atoms with E-state index in [0.29, 0.717) is 12.2 Å². The zero-order chi connectivity index (χ0) is 21.8. The molecule has 1 aromatic heterocycles. The summed E-state index contributed by atoms with van der Waals surface area (Å²) in [7, 11) is 3.71. The summed E-state index contributed by atoms with van der Waals surface area (Å²) in [6.07, 6.45) is 8.28. The number of fused-ring (bicyclic) bond motifs is 1. The lowest BCUT2D eigenvalue weighted by atomic mass is 9.86. The molecule has 0 saturated carbocycles. The van der Waals surface area contributed by atoms with E-state index in [-0.39, 0.29) is 11.5 Å². The summed E-state index contributed by atoms with van der Waals surface area (Å²) in [5.74, 6) is 0.113. The van der Waals surface area contributed by atoms with Gasteiger partial charge in [-0.05, 0) is 47.9 Å². The SMILES string of the molecule is COc1cccc(N(C)c2ccc3c(c2)C=CC[C@H]3CNc2cnccc2C(=O)O)c1. The Morgan fingerprint density at radius 3 is 2.87 bits per heavy atom. The molecular weight excluding hydrogens is 390 g/mol. The molecule has 6 nitrogen and oxygen atoms in total. The number of anilines is 3. The number of carbonyl (C=O) groups is 1. The molecule has 31 heavy (non-hydrogen) atoms. The van der Waals surface area contributed by atoms with Crippen LogP contribution in [0, 0.1) is 0 Å². The van der Waals surface area contributed by atoms with E-state index in [1.54, 1.807) is 13.3 Å². The highest BCUT2D eigenvalue weighted by Crippen LogP contribution is 2.35. The molecule has 0 unspecified atom stereocenters. The quantitative estimate of drug-likeness (QED) is 0.555. The predicted octanol–water partition coefficient (Wildman–Crippen LogP) is 5.17. The van der Waals surface area contributed by atoms with Crippen molar-refractivity contribution in [1.82, 2.24) is 4.98 Å². The van der Waals surface area contributed by atoms with E-state index in [9.17, 15) is 9.90 Å². The minimum absolute atomic E-state index is 0.233. The first-order valence-electron chi connectivity index (χ1n) is 10.2. The summed E-state index contributed by atoms with van der Waals surface area (Å²) >= 11 is 0. The van der Waals surface area contributed by atoms with Crippen LogP contribution in [0.1, 0.15) is 33.8 Å². The van der Waals surface area contributed by atoms with Gasteiger partial charge >= 0.3 is 5.97 Å². The number of rotatable bonds is 7. The van der Waals surface area contributed by atoms with Crippen LogP contribution in [0.5, 0.6) is 5.75 Å². The van der Waals surface area contributed by atoms with Crippen molar-refractivity contribution >= 4 is 29.1 Å². The van der Waals surface area contributed by atoms with Gasteiger partial charge in [0, 0.05) is 43.1 Å². The number of pyridine rings is 1. The number of carboxylic acids is 1. The molecule has 0 aliphatic heterocycles. The van der Waals surface area contributed by atoms with Crippen LogP contribution in [0.3, 0.4) is 0 Å². The van der Waals surface area contributed by atoms with E-state index in [0.717, 1.165) is 23.5 Å². The topological polar surface area (TPSA) is 74.7 Å². The molecule has 6 heteroatoms. The molecule has 0 bridgehead atoms. The monoisotopic (exact) mass is 415 g/mol. The molecule has 0 saturated heterocycles. The fourth-order valence-corrected chi connectivity index (χ4v) is 3.89. The molecule has 2 aromatic carbocycles. The molecule has 1 atom stereocenters. The summed E-state index contributed by atoms with van der Waals surface area (Å²) < 4.78 is 5.35. The lowest BCUT2D eigenvalue weighted by molar-refractivity contribution is 0.0698. The molecule has 0 spiro atoms. The molecule has 0 radical (unpaired) electrons. The number of allylic oxidation sites excluding steroid dienone is 1. The van der Waals surface area contributed by atoms with Gasteiger partial charge in [0.05, 0.1) is 24.6 Å². The summed E-state index contributed by atoms with van der Waals surface area (Å²) in [5.41, 5.74) is 5.34. The standard InChI is InChI=1S/C25H25N3O3/c1-28(19-7-4-8-21(14-19)31-2)20-9-10-22-17(13-20)5-3-6-18(22)15-27-24-16-26-12-11-23(24)25(29)30/h3-5,7-14,16,18,27H,6,15H2,1-2H3,(H,29,30)/t18-/m0/s1. The minimum Gasteiger partial charge on any atom is -0.497 e. The van der Waals surface area contributed by atoms with Crippen molar-refractivity contribution in [3.8, 4) is 5.75 Å². The first kappa shape index (κ1) is 20.5. The number of nitrogens with zero attached hydrogens (tertiary/aromatic N) is 2.